The molecule has 3 heterocycles. The van der Waals surface area contributed by atoms with Crippen LogP contribution in [0.3, 0.4) is 0 Å². The van der Waals surface area contributed by atoms with Crippen LogP contribution in [0.4, 0.5) is 5.69 Å². The lowest BCUT2D eigenvalue weighted by molar-refractivity contribution is -0.0249. The Kier molecular flexibility index (Phi) is 4.94. The maximum absolute atomic E-state index is 12.7. The predicted molar refractivity (Wildman–Crippen MR) is 94.7 cm³/mol. The zero-order valence-electron chi connectivity index (χ0n) is 15.1. The number of amides is 1. The van der Waals surface area contributed by atoms with Gasteiger partial charge in [-0.15, -0.1) is 0 Å². The second-order valence-electron chi connectivity index (χ2n) is 6.39. The lowest BCUT2D eigenvalue weighted by Gasteiger charge is -2.33. The first kappa shape index (κ1) is 17.3. The van der Waals surface area contributed by atoms with Crippen molar-refractivity contribution in [3.05, 3.63) is 47.3 Å². The maximum atomic E-state index is 12.7. The predicted octanol–water partition coefficient (Wildman–Crippen LogP) is 1.77. The van der Waals surface area contributed by atoms with E-state index in [-0.39, 0.29) is 12.0 Å². The molecule has 132 valence electrons. The molecule has 0 N–H and O–H groups in total. The average molecular weight is 341 g/mol. The number of nitrogens with zero attached hydrogens (tertiary/aromatic N) is 5. The Morgan fingerprint density at radius 1 is 1.28 bits per heavy atom. The summed E-state index contributed by atoms with van der Waals surface area (Å²) >= 11 is 0. The number of rotatable bonds is 3. The summed E-state index contributed by atoms with van der Waals surface area (Å²) in [6, 6.07) is 5.69. The van der Waals surface area contributed by atoms with Crippen molar-refractivity contribution in [2.24, 2.45) is 0 Å². The molecule has 1 aliphatic heterocycles. The van der Waals surface area contributed by atoms with E-state index in [4.69, 9.17) is 4.74 Å². The minimum absolute atomic E-state index is 0.0979. The third kappa shape index (κ3) is 3.93. The Balaban J connectivity index is 1.80. The van der Waals surface area contributed by atoms with Gasteiger partial charge in [0.25, 0.3) is 5.91 Å². The van der Waals surface area contributed by atoms with Gasteiger partial charge < -0.3 is 14.5 Å². The summed E-state index contributed by atoms with van der Waals surface area (Å²) in [6.07, 6.45) is 1.37. The van der Waals surface area contributed by atoms with Gasteiger partial charge in [-0.2, -0.15) is 0 Å². The smallest absolute Gasteiger partial charge is 0.272 e. The van der Waals surface area contributed by atoms with Crippen molar-refractivity contribution in [1.82, 2.24) is 19.9 Å². The normalized spacial score (nSPS) is 17.4. The van der Waals surface area contributed by atoms with E-state index >= 15 is 0 Å². The molecule has 7 heteroatoms. The summed E-state index contributed by atoms with van der Waals surface area (Å²) in [5.41, 5.74) is 3.26. The molecular weight excluding hydrogens is 318 g/mol. The Morgan fingerprint density at radius 2 is 2.08 bits per heavy atom. The van der Waals surface area contributed by atoms with Gasteiger partial charge in [-0.25, -0.2) is 9.97 Å². The first-order valence-electron chi connectivity index (χ1n) is 8.30. The average Bonchev–Trinajstić information content (AvgIpc) is 2.60. The van der Waals surface area contributed by atoms with Gasteiger partial charge in [-0.3, -0.25) is 9.78 Å². The SMILES string of the molecule is Cc1cc(N(C)C)cc(C2CN(C(=O)c3ccnc(C)n3)CCO2)n1. The molecule has 7 nitrogen and oxygen atoms in total. The topological polar surface area (TPSA) is 71.5 Å². The van der Waals surface area contributed by atoms with Crippen LogP contribution in [0.25, 0.3) is 0 Å². The quantitative estimate of drug-likeness (QED) is 0.847. The summed E-state index contributed by atoms with van der Waals surface area (Å²) in [4.78, 5) is 29.4. The van der Waals surface area contributed by atoms with Crippen LogP contribution in [0.2, 0.25) is 0 Å². The van der Waals surface area contributed by atoms with E-state index in [0.717, 1.165) is 17.1 Å². The fourth-order valence-corrected chi connectivity index (χ4v) is 2.85. The molecule has 1 fully saturated rings. The summed E-state index contributed by atoms with van der Waals surface area (Å²) in [6.45, 7) is 5.23. The van der Waals surface area contributed by atoms with Gasteiger partial charge >= 0.3 is 0 Å². The lowest BCUT2D eigenvalue weighted by atomic mass is 10.1. The third-order valence-corrected chi connectivity index (χ3v) is 4.15. The number of aromatic nitrogens is 3. The number of anilines is 1. The van der Waals surface area contributed by atoms with E-state index in [1.165, 1.54) is 0 Å². The fourth-order valence-electron chi connectivity index (χ4n) is 2.85. The molecule has 3 rings (SSSR count). The molecule has 2 aromatic rings. The number of carbonyl (C=O) groups is 1. The highest BCUT2D eigenvalue weighted by atomic mass is 16.5. The van der Waals surface area contributed by atoms with Crippen molar-refractivity contribution >= 4 is 11.6 Å². The molecule has 0 bridgehead atoms. The van der Waals surface area contributed by atoms with Crippen molar-refractivity contribution in [2.45, 2.75) is 20.0 Å². The molecule has 1 atom stereocenters. The molecule has 1 unspecified atom stereocenters. The number of ether oxygens (including phenoxy) is 1. The van der Waals surface area contributed by atoms with Crippen molar-refractivity contribution < 1.29 is 9.53 Å². The first-order valence-corrected chi connectivity index (χ1v) is 8.30. The number of hydrogen-bond acceptors (Lipinski definition) is 6. The molecule has 0 aliphatic carbocycles. The van der Waals surface area contributed by atoms with Crippen LogP contribution >= 0.6 is 0 Å². The molecule has 2 aromatic heterocycles. The summed E-state index contributed by atoms with van der Waals surface area (Å²) in [5, 5.41) is 0. The second kappa shape index (κ2) is 7.14. The fraction of sp³-hybridized carbons (Fsp3) is 0.444. The van der Waals surface area contributed by atoms with Gasteiger partial charge in [-0.05, 0) is 32.0 Å². The van der Waals surface area contributed by atoms with E-state index in [2.05, 4.69) is 15.0 Å². The molecule has 1 aliphatic rings. The molecule has 1 saturated heterocycles. The molecule has 1 amide bonds. The standard InChI is InChI=1S/C18H23N5O2/c1-12-9-14(22(3)4)10-16(20-12)17-11-23(7-8-25-17)18(24)15-5-6-19-13(2)21-15/h5-6,9-10,17H,7-8,11H2,1-4H3. The van der Waals surface area contributed by atoms with Crippen molar-refractivity contribution in [3.8, 4) is 0 Å². The van der Waals surface area contributed by atoms with E-state index < -0.39 is 0 Å². The Morgan fingerprint density at radius 3 is 2.80 bits per heavy atom. The molecular formula is C18H23N5O2. The van der Waals surface area contributed by atoms with E-state index in [9.17, 15) is 4.79 Å². The van der Waals surface area contributed by atoms with Gasteiger partial charge in [0.15, 0.2) is 0 Å². The first-order chi connectivity index (χ1) is 11.9. The molecule has 0 aromatic carbocycles. The molecule has 0 spiro atoms. The van der Waals surface area contributed by atoms with E-state index in [1.807, 2.05) is 38.1 Å². The highest BCUT2D eigenvalue weighted by Crippen LogP contribution is 2.25. The minimum atomic E-state index is -0.237. The Bertz CT molecular complexity index is 778. The number of morpholine rings is 1. The number of pyridine rings is 1. The van der Waals surface area contributed by atoms with E-state index in [1.54, 1.807) is 24.1 Å². The van der Waals surface area contributed by atoms with Gasteiger partial charge in [0.05, 0.1) is 18.8 Å². The Hall–Kier alpha value is -2.54. The van der Waals surface area contributed by atoms with Crippen molar-refractivity contribution in [3.63, 3.8) is 0 Å². The summed E-state index contributed by atoms with van der Waals surface area (Å²) in [7, 11) is 3.99. The van der Waals surface area contributed by atoms with Gasteiger partial charge in [0.2, 0.25) is 0 Å². The summed E-state index contributed by atoms with van der Waals surface area (Å²) in [5.74, 6) is 0.492. The van der Waals surface area contributed by atoms with Crippen LogP contribution in [-0.2, 0) is 4.74 Å². The van der Waals surface area contributed by atoms with Gasteiger partial charge in [-0.1, -0.05) is 0 Å². The number of aryl methyl sites for hydroxylation is 2. The van der Waals surface area contributed by atoms with E-state index in [0.29, 0.717) is 31.2 Å². The lowest BCUT2D eigenvalue weighted by Crippen LogP contribution is -2.42. The number of hydrogen-bond donors (Lipinski definition) is 0. The van der Waals surface area contributed by atoms with Crippen molar-refractivity contribution in [1.29, 1.82) is 0 Å². The van der Waals surface area contributed by atoms with Gasteiger partial charge in [0, 0.05) is 38.2 Å². The van der Waals surface area contributed by atoms with Gasteiger partial charge in [0.1, 0.15) is 17.6 Å². The van der Waals surface area contributed by atoms with Crippen LogP contribution in [0.1, 0.15) is 33.8 Å². The van der Waals surface area contributed by atoms with Crippen LogP contribution in [0.5, 0.6) is 0 Å². The van der Waals surface area contributed by atoms with Crippen LogP contribution < -0.4 is 4.90 Å². The second-order valence-corrected chi connectivity index (χ2v) is 6.39. The monoisotopic (exact) mass is 341 g/mol. The maximum Gasteiger partial charge on any atom is 0.272 e. The van der Waals surface area contributed by atoms with Crippen LogP contribution in [0, 0.1) is 13.8 Å². The summed E-state index contributed by atoms with van der Waals surface area (Å²) < 4.78 is 5.89. The highest BCUT2D eigenvalue weighted by Gasteiger charge is 2.28. The Labute approximate surface area is 147 Å². The molecule has 0 radical (unpaired) electrons. The number of carbonyl (C=O) groups excluding carboxylic acids is 1. The molecule has 25 heavy (non-hydrogen) atoms. The van der Waals surface area contributed by atoms with Crippen molar-refractivity contribution in [2.75, 3.05) is 38.7 Å². The van der Waals surface area contributed by atoms with Crippen LogP contribution in [0.15, 0.2) is 24.4 Å². The minimum Gasteiger partial charge on any atom is -0.378 e. The van der Waals surface area contributed by atoms with Crippen LogP contribution in [-0.4, -0.2) is 59.6 Å². The third-order valence-electron chi connectivity index (χ3n) is 4.15. The highest BCUT2D eigenvalue weighted by molar-refractivity contribution is 5.92. The largest absolute Gasteiger partial charge is 0.378 e. The zero-order chi connectivity index (χ0) is 18.0. The molecule has 0 saturated carbocycles. The zero-order valence-corrected chi connectivity index (χ0v) is 15.1.